The van der Waals surface area contributed by atoms with Gasteiger partial charge >= 0.3 is 0 Å². The van der Waals surface area contributed by atoms with E-state index in [4.69, 9.17) is 4.74 Å². The number of carbonyl (C=O) groups excluding carboxylic acids is 3. The van der Waals surface area contributed by atoms with Gasteiger partial charge < -0.3 is 15.4 Å². The van der Waals surface area contributed by atoms with Gasteiger partial charge in [0.15, 0.2) is 5.78 Å². The first-order chi connectivity index (χ1) is 10.0. The molecular weight excluding hydrogens is 272 g/mol. The molecule has 110 valence electrons. The highest BCUT2D eigenvalue weighted by Gasteiger charge is 2.29. The molecule has 2 unspecified atom stereocenters. The number of hydrogen-bond donors (Lipinski definition) is 2. The number of nitrogens with one attached hydrogen (secondary N) is 2. The van der Waals surface area contributed by atoms with Crippen LogP contribution in [0.15, 0.2) is 18.2 Å². The molecule has 0 aliphatic carbocycles. The number of carbonyl (C=O) groups is 3. The minimum Gasteiger partial charge on any atom is -0.367 e. The lowest BCUT2D eigenvalue weighted by Crippen LogP contribution is -2.21. The van der Waals surface area contributed by atoms with E-state index in [1.54, 1.807) is 18.2 Å². The number of ether oxygens (including phenoxy) is 1. The molecule has 0 bridgehead atoms. The van der Waals surface area contributed by atoms with Crippen molar-refractivity contribution in [1.82, 2.24) is 0 Å². The van der Waals surface area contributed by atoms with Gasteiger partial charge in [0.05, 0.1) is 17.5 Å². The Balaban J connectivity index is 1.87. The Kier molecular flexibility index (Phi) is 3.47. The topological polar surface area (TPSA) is 84.5 Å². The van der Waals surface area contributed by atoms with Gasteiger partial charge in [-0.1, -0.05) is 0 Å². The summed E-state index contributed by atoms with van der Waals surface area (Å²) in [6, 6.07) is 4.86. The molecule has 2 atom stereocenters. The number of benzene rings is 1. The van der Waals surface area contributed by atoms with Crippen molar-refractivity contribution in [3.05, 3.63) is 23.8 Å². The molecule has 0 spiro atoms. The molecule has 1 fully saturated rings. The Morgan fingerprint density at radius 3 is 2.52 bits per heavy atom. The average molecular weight is 288 g/mol. The van der Waals surface area contributed by atoms with Crippen molar-refractivity contribution in [3.8, 4) is 0 Å². The van der Waals surface area contributed by atoms with Crippen LogP contribution in [0.5, 0.6) is 0 Å². The molecule has 1 aromatic carbocycles. The Morgan fingerprint density at radius 1 is 1.14 bits per heavy atom. The molecule has 2 amide bonds. The first kappa shape index (κ1) is 13.8. The Bertz CT molecular complexity index is 626. The molecule has 1 aromatic rings. The average Bonchev–Trinajstić information content (AvgIpc) is 2.79. The molecule has 2 N–H and O–H groups in total. The number of fused-ring (bicyclic) bond motifs is 1. The molecule has 3 rings (SSSR count). The van der Waals surface area contributed by atoms with E-state index in [2.05, 4.69) is 10.6 Å². The van der Waals surface area contributed by atoms with Crippen molar-refractivity contribution >= 4 is 29.0 Å². The fourth-order valence-corrected chi connectivity index (χ4v) is 2.63. The predicted molar refractivity (Wildman–Crippen MR) is 76.2 cm³/mol. The maximum Gasteiger partial charge on any atom is 0.233 e. The lowest BCUT2D eigenvalue weighted by atomic mass is 10.0. The number of ketones is 1. The third kappa shape index (κ3) is 2.80. The van der Waals surface area contributed by atoms with Gasteiger partial charge in [-0.2, -0.15) is 0 Å². The van der Waals surface area contributed by atoms with Gasteiger partial charge in [0.2, 0.25) is 11.8 Å². The fourth-order valence-electron chi connectivity index (χ4n) is 2.63. The van der Waals surface area contributed by atoms with Crippen molar-refractivity contribution in [1.29, 1.82) is 0 Å². The highest BCUT2D eigenvalue weighted by atomic mass is 16.5. The van der Waals surface area contributed by atoms with Gasteiger partial charge in [-0.05, 0) is 38.0 Å². The van der Waals surface area contributed by atoms with Crippen LogP contribution in [0, 0.1) is 0 Å². The van der Waals surface area contributed by atoms with Crippen LogP contribution in [0.4, 0.5) is 11.4 Å². The maximum atomic E-state index is 12.4. The van der Waals surface area contributed by atoms with Crippen LogP contribution in [0.2, 0.25) is 0 Å². The Labute approximate surface area is 121 Å². The van der Waals surface area contributed by atoms with E-state index < -0.39 is 6.10 Å². The predicted octanol–water partition coefficient (Wildman–Crippen LogP) is 1.72. The van der Waals surface area contributed by atoms with Crippen molar-refractivity contribution in [3.63, 3.8) is 0 Å². The number of amides is 2. The third-order valence-corrected chi connectivity index (χ3v) is 3.70. The summed E-state index contributed by atoms with van der Waals surface area (Å²) in [5, 5.41) is 5.26. The van der Waals surface area contributed by atoms with Crippen LogP contribution < -0.4 is 10.6 Å². The fraction of sp³-hybridized carbons (Fsp3) is 0.400. The van der Waals surface area contributed by atoms with Crippen LogP contribution in [-0.4, -0.2) is 29.8 Å². The summed E-state index contributed by atoms with van der Waals surface area (Å²) in [6.45, 7) is 1.94. The summed E-state index contributed by atoms with van der Waals surface area (Å²) >= 11 is 0. The zero-order valence-corrected chi connectivity index (χ0v) is 11.6. The minimum absolute atomic E-state index is 0.0908. The molecule has 2 aliphatic heterocycles. The second-order valence-electron chi connectivity index (χ2n) is 5.41. The lowest BCUT2D eigenvalue weighted by Gasteiger charge is -2.12. The third-order valence-electron chi connectivity index (χ3n) is 3.70. The van der Waals surface area contributed by atoms with E-state index in [-0.39, 0.29) is 30.1 Å². The van der Waals surface area contributed by atoms with Crippen molar-refractivity contribution in [2.24, 2.45) is 0 Å². The quantitative estimate of drug-likeness (QED) is 0.641. The van der Waals surface area contributed by atoms with Crippen molar-refractivity contribution < 1.29 is 19.1 Å². The van der Waals surface area contributed by atoms with Crippen LogP contribution in [0.1, 0.15) is 36.5 Å². The van der Waals surface area contributed by atoms with Crippen LogP contribution >= 0.6 is 0 Å². The van der Waals surface area contributed by atoms with Gasteiger partial charge in [-0.3, -0.25) is 14.4 Å². The largest absolute Gasteiger partial charge is 0.367 e. The molecule has 0 aromatic heterocycles. The van der Waals surface area contributed by atoms with E-state index >= 15 is 0 Å². The number of Topliss-reactive ketones (excluding diaryl/α,β-unsaturated/α-hetero) is 1. The zero-order valence-electron chi connectivity index (χ0n) is 11.6. The van der Waals surface area contributed by atoms with Crippen molar-refractivity contribution in [2.75, 3.05) is 10.6 Å². The van der Waals surface area contributed by atoms with E-state index in [1.165, 1.54) is 0 Å². The lowest BCUT2D eigenvalue weighted by molar-refractivity contribution is -0.123. The minimum atomic E-state index is -0.422. The Hall–Kier alpha value is -2.21. The number of rotatable bonds is 2. The summed E-state index contributed by atoms with van der Waals surface area (Å²) in [6.07, 6.45) is 1.03. The van der Waals surface area contributed by atoms with Gasteiger partial charge in [-0.15, -0.1) is 0 Å². The normalized spacial score (nSPS) is 24.8. The van der Waals surface area contributed by atoms with Crippen molar-refractivity contribution in [2.45, 2.75) is 38.4 Å². The first-order valence-corrected chi connectivity index (χ1v) is 6.96. The summed E-state index contributed by atoms with van der Waals surface area (Å²) in [7, 11) is 0. The highest BCUT2D eigenvalue weighted by Crippen LogP contribution is 2.28. The van der Waals surface area contributed by atoms with Gasteiger partial charge in [-0.25, -0.2) is 0 Å². The number of hydrogen-bond acceptors (Lipinski definition) is 4. The van der Waals surface area contributed by atoms with Gasteiger partial charge in [0.25, 0.3) is 0 Å². The molecule has 0 saturated carbocycles. The van der Waals surface area contributed by atoms with E-state index in [0.717, 1.165) is 6.42 Å². The molecule has 6 nitrogen and oxygen atoms in total. The van der Waals surface area contributed by atoms with E-state index in [9.17, 15) is 14.4 Å². The SMILES string of the molecule is CC1CCC(C(=O)c2ccc3c(c2)NC(=O)CC(=O)N3)O1. The molecule has 2 aliphatic rings. The maximum absolute atomic E-state index is 12.4. The standard InChI is InChI=1S/C15H16N2O4/c1-8-2-5-12(21-8)15(20)9-3-4-10-11(6-9)17-14(19)7-13(18)16-10/h3-4,6,8,12H,2,5,7H2,1H3,(H,16,18)(H,17,19). The second kappa shape index (κ2) is 5.29. The summed E-state index contributed by atoms with van der Waals surface area (Å²) in [4.78, 5) is 35.4. The van der Waals surface area contributed by atoms with Crippen LogP contribution in [0.3, 0.4) is 0 Å². The molecule has 1 saturated heterocycles. The summed E-state index contributed by atoms with van der Waals surface area (Å²) < 4.78 is 5.58. The van der Waals surface area contributed by atoms with E-state index in [0.29, 0.717) is 23.4 Å². The molecule has 0 radical (unpaired) electrons. The monoisotopic (exact) mass is 288 g/mol. The zero-order chi connectivity index (χ0) is 15.0. The second-order valence-corrected chi connectivity index (χ2v) is 5.41. The smallest absolute Gasteiger partial charge is 0.233 e. The molecular formula is C15H16N2O4. The summed E-state index contributed by atoms with van der Waals surface area (Å²) in [5.41, 5.74) is 1.43. The van der Waals surface area contributed by atoms with Gasteiger partial charge in [0.1, 0.15) is 12.5 Å². The number of anilines is 2. The first-order valence-electron chi connectivity index (χ1n) is 6.96. The van der Waals surface area contributed by atoms with Crippen LogP contribution in [0.25, 0.3) is 0 Å². The molecule has 21 heavy (non-hydrogen) atoms. The highest BCUT2D eigenvalue weighted by molar-refractivity contribution is 6.14. The summed E-state index contributed by atoms with van der Waals surface area (Å²) in [5.74, 6) is -0.841. The molecule has 6 heteroatoms. The van der Waals surface area contributed by atoms with Gasteiger partial charge in [0, 0.05) is 5.56 Å². The van der Waals surface area contributed by atoms with Crippen LogP contribution in [-0.2, 0) is 14.3 Å². The molecule has 2 heterocycles. The van der Waals surface area contributed by atoms with E-state index in [1.807, 2.05) is 6.92 Å². The Morgan fingerprint density at radius 2 is 1.86 bits per heavy atom.